The minimum absolute atomic E-state index is 0.166. The van der Waals surface area contributed by atoms with Crippen LogP contribution >= 0.6 is 0 Å². The third-order valence-corrected chi connectivity index (χ3v) is 7.97. The Morgan fingerprint density at radius 3 is 2.18 bits per heavy atom. The van der Waals surface area contributed by atoms with Gasteiger partial charge in [-0.2, -0.15) is 4.31 Å². The first-order chi connectivity index (χ1) is 16.0. The number of aliphatic hydroxyl groups excluding tert-OH is 1. The summed E-state index contributed by atoms with van der Waals surface area (Å²) in [6.07, 6.45) is -0.609. The summed E-state index contributed by atoms with van der Waals surface area (Å²) in [4.78, 5) is 4.93. The van der Waals surface area contributed by atoms with Crippen LogP contribution < -0.4 is 4.74 Å². The van der Waals surface area contributed by atoms with E-state index < -0.39 is 16.1 Å². The van der Waals surface area contributed by atoms with Gasteiger partial charge in [-0.1, -0.05) is 30.3 Å². The van der Waals surface area contributed by atoms with Gasteiger partial charge in [-0.25, -0.2) is 8.42 Å². The van der Waals surface area contributed by atoms with E-state index in [0.29, 0.717) is 38.6 Å². The highest BCUT2D eigenvalue weighted by Gasteiger charge is 2.26. The van der Waals surface area contributed by atoms with Gasteiger partial charge in [0, 0.05) is 52.4 Å². The summed E-state index contributed by atoms with van der Waals surface area (Å²) in [7, 11) is -3.52. The third kappa shape index (κ3) is 6.75. The number of piperazine rings is 1. The standard InChI is InChI=1S/C24H33N3O5S/c28-22(19-26-12-10-25(11-13-26)18-21-4-2-1-3-5-21)20-32-23-6-8-24(9-7-23)33(29,30)27-14-16-31-17-15-27/h1-9,22,28H,10-20H2/t22-/m0/s1. The topological polar surface area (TPSA) is 82.5 Å². The van der Waals surface area contributed by atoms with Crippen molar-refractivity contribution in [2.45, 2.75) is 17.5 Å². The predicted octanol–water partition coefficient (Wildman–Crippen LogP) is 1.26. The lowest BCUT2D eigenvalue weighted by Gasteiger charge is -2.35. The molecule has 8 nitrogen and oxygen atoms in total. The molecule has 2 aliphatic rings. The second-order valence-electron chi connectivity index (χ2n) is 8.52. The zero-order chi connectivity index (χ0) is 23.1. The first kappa shape index (κ1) is 24.1. The van der Waals surface area contributed by atoms with Crippen LogP contribution in [0.3, 0.4) is 0 Å². The summed E-state index contributed by atoms with van der Waals surface area (Å²) in [6.45, 7) is 7.03. The zero-order valence-corrected chi connectivity index (χ0v) is 19.7. The molecule has 2 saturated heterocycles. The van der Waals surface area contributed by atoms with Gasteiger partial charge < -0.3 is 14.6 Å². The van der Waals surface area contributed by atoms with E-state index in [4.69, 9.17) is 9.47 Å². The summed E-state index contributed by atoms with van der Waals surface area (Å²) in [6, 6.07) is 16.9. The van der Waals surface area contributed by atoms with Crippen LogP contribution in [0.4, 0.5) is 0 Å². The summed E-state index contributed by atoms with van der Waals surface area (Å²) >= 11 is 0. The van der Waals surface area contributed by atoms with Crippen molar-refractivity contribution in [2.75, 3.05) is 65.6 Å². The number of β-amino-alcohol motifs (C(OH)–C–C–N with tert-alkyl or cyclic N) is 1. The maximum absolute atomic E-state index is 12.7. The molecular formula is C24H33N3O5S. The Bertz CT molecular complexity index is 957. The smallest absolute Gasteiger partial charge is 0.243 e. The van der Waals surface area contributed by atoms with Gasteiger partial charge in [0.2, 0.25) is 10.0 Å². The van der Waals surface area contributed by atoms with Gasteiger partial charge in [0.25, 0.3) is 0 Å². The maximum atomic E-state index is 12.7. The van der Waals surface area contributed by atoms with E-state index >= 15 is 0 Å². The maximum Gasteiger partial charge on any atom is 0.243 e. The molecule has 2 aromatic carbocycles. The van der Waals surface area contributed by atoms with E-state index in [1.807, 2.05) is 6.07 Å². The van der Waals surface area contributed by atoms with Crippen molar-refractivity contribution in [3.05, 3.63) is 60.2 Å². The summed E-state index contributed by atoms with van der Waals surface area (Å²) < 4.78 is 37.8. The average molecular weight is 476 g/mol. The number of benzene rings is 2. The summed E-state index contributed by atoms with van der Waals surface area (Å²) in [5.41, 5.74) is 1.32. The highest BCUT2D eigenvalue weighted by atomic mass is 32.2. The van der Waals surface area contributed by atoms with Gasteiger partial charge in [0.05, 0.1) is 18.1 Å². The molecular weight excluding hydrogens is 442 g/mol. The van der Waals surface area contributed by atoms with E-state index in [2.05, 4.69) is 34.1 Å². The molecule has 2 aliphatic heterocycles. The van der Waals surface area contributed by atoms with Crippen LogP contribution in [0.2, 0.25) is 0 Å². The molecule has 0 saturated carbocycles. The molecule has 4 rings (SSSR count). The Balaban J connectivity index is 1.19. The average Bonchev–Trinajstić information content (AvgIpc) is 2.85. The number of rotatable bonds is 9. The monoisotopic (exact) mass is 475 g/mol. The Hall–Kier alpha value is -2.01. The second kappa shape index (κ2) is 11.4. The second-order valence-corrected chi connectivity index (χ2v) is 10.5. The molecule has 0 radical (unpaired) electrons. The van der Waals surface area contributed by atoms with E-state index in [1.54, 1.807) is 24.3 Å². The number of morpholine rings is 1. The molecule has 0 aliphatic carbocycles. The lowest BCUT2D eigenvalue weighted by Crippen LogP contribution is -2.48. The van der Waals surface area contributed by atoms with Gasteiger partial charge >= 0.3 is 0 Å². The molecule has 0 bridgehead atoms. The molecule has 0 amide bonds. The van der Waals surface area contributed by atoms with Crippen LogP contribution in [-0.4, -0.2) is 99.4 Å². The number of hydrogen-bond acceptors (Lipinski definition) is 7. The Morgan fingerprint density at radius 1 is 0.879 bits per heavy atom. The Kier molecular flexibility index (Phi) is 8.34. The minimum Gasteiger partial charge on any atom is -0.491 e. The van der Waals surface area contributed by atoms with Crippen LogP contribution in [0.5, 0.6) is 5.75 Å². The van der Waals surface area contributed by atoms with Crippen molar-refractivity contribution < 1.29 is 23.0 Å². The molecule has 33 heavy (non-hydrogen) atoms. The quantitative estimate of drug-likeness (QED) is 0.585. The van der Waals surface area contributed by atoms with Gasteiger partial charge in [-0.3, -0.25) is 9.80 Å². The highest BCUT2D eigenvalue weighted by molar-refractivity contribution is 7.89. The molecule has 0 spiro atoms. The van der Waals surface area contributed by atoms with Crippen LogP contribution in [0.15, 0.2) is 59.5 Å². The summed E-state index contributed by atoms with van der Waals surface area (Å²) in [5.74, 6) is 0.544. The van der Waals surface area contributed by atoms with Crippen LogP contribution in [0.25, 0.3) is 0 Å². The largest absolute Gasteiger partial charge is 0.491 e. The van der Waals surface area contributed by atoms with E-state index in [1.165, 1.54) is 9.87 Å². The molecule has 2 aromatic rings. The fourth-order valence-corrected chi connectivity index (χ4v) is 5.57. The number of nitrogens with zero attached hydrogens (tertiary/aromatic N) is 3. The number of hydrogen-bond donors (Lipinski definition) is 1. The van der Waals surface area contributed by atoms with Crippen LogP contribution in [0.1, 0.15) is 5.56 Å². The van der Waals surface area contributed by atoms with Gasteiger partial charge in [-0.05, 0) is 29.8 Å². The van der Waals surface area contributed by atoms with Gasteiger partial charge in [0.1, 0.15) is 18.5 Å². The Labute approximate surface area is 196 Å². The highest BCUT2D eigenvalue weighted by Crippen LogP contribution is 2.20. The first-order valence-corrected chi connectivity index (χ1v) is 12.9. The molecule has 0 aromatic heterocycles. The SMILES string of the molecule is O=S(=O)(c1ccc(OC[C@@H](O)CN2CCN(Cc3ccccc3)CC2)cc1)N1CCOCC1. The van der Waals surface area contributed by atoms with Crippen LogP contribution in [-0.2, 0) is 21.3 Å². The molecule has 1 N–H and O–H groups in total. The first-order valence-electron chi connectivity index (χ1n) is 11.5. The zero-order valence-electron chi connectivity index (χ0n) is 18.9. The van der Waals surface area contributed by atoms with Crippen molar-refractivity contribution in [1.29, 1.82) is 0 Å². The normalized spacial score (nSPS) is 19.9. The molecule has 2 fully saturated rings. The van der Waals surface area contributed by atoms with Crippen molar-refractivity contribution in [2.24, 2.45) is 0 Å². The van der Waals surface area contributed by atoms with Gasteiger partial charge in [-0.15, -0.1) is 0 Å². The third-order valence-electron chi connectivity index (χ3n) is 6.06. The summed E-state index contributed by atoms with van der Waals surface area (Å²) in [5, 5.41) is 10.4. The van der Waals surface area contributed by atoms with Gasteiger partial charge in [0.15, 0.2) is 0 Å². The fraction of sp³-hybridized carbons (Fsp3) is 0.500. The van der Waals surface area contributed by atoms with E-state index in [0.717, 1.165) is 32.7 Å². The van der Waals surface area contributed by atoms with Crippen LogP contribution in [0, 0.1) is 0 Å². The number of ether oxygens (including phenoxy) is 2. The van der Waals surface area contributed by atoms with Crippen molar-refractivity contribution >= 4 is 10.0 Å². The molecule has 0 unspecified atom stereocenters. The molecule has 2 heterocycles. The van der Waals surface area contributed by atoms with E-state index in [9.17, 15) is 13.5 Å². The molecule has 9 heteroatoms. The van der Waals surface area contributed by atoms with Crippen molar-refractivity contribution in [3.8, 4) is 5.75 Å². The number of aliphatic hydroxyl groups is 1. The van der Waals surface area contributed by atoms with Crippen molar-refractivity contribution in [1.82, 2.24) is 14.1 Å². The Morgan fingerprint density at radius 2 is 1.52 bits per heavy atom. The lowest BCUT2D eigenvalue weighted by atomic mass is 10.2. The number of sulfonamides is 1. The lowest BCUT2D eigenvalue weighted by molar-refractivity contribution is 0.0446. The fourth-order valence-electron chi connectivity index (χ4n) is 4.16. The predicted molar refractivity (Wildman–Crippen MR) is 126 cm³/mol. The minimum atomic E-state index is -3.52. The van der Waals surface area contributed by atoms with E-state index in [-0.39, 0.29) is 11.5 Å². The molecule has 1 atom stereocenters. The van der Waals surface area contributed by atoms with Crippen molar-refractivity contribution in [3.63, 3.8) is 0 Å². The molecule has 180 valence electrons.